The summed E-state index contributed by atoms with van der Waals surface area (Å²) in [6, 6.07) is 12.5. The first-order valence-electron chi connectivity index (χ1n) is 9.96. The van der Waals surface area contributed by atoms with E-state index in [9.17, 15) is 9.59 Å². The zero-order chi connectivity index (χ0) is 23.3. The summed E-state index contributed by atoms with van der Waals surface area (Å²) in [4.78, 5) is 31.9. The summed E-state index contributed by atoms with van der Waals surface area (Å²) in [5.41, 5.74) is 3.53. The molecule has 0 radical (unpaired) electrons. The number of benzene rings is 2. The first kappa shape index (κ1) is 23.3. The van der Waals surface area contributed by atoms with Crippen LogP contribution in [-0.4, -0.2) is 36.7 Å². The van der Waals surface area contributed by atoms with E-state index in [0.29, 0.717) is 23.4 Å². The lowest BCUT2D eigenvalue weighted by atomic mass is 10.1. The molecule has 0 saturated carbocycles. The highest BCUT2D eigenvalue weighted by atomic mass is 32.1. The number of esters is 2. The molecule has 0 amide bonds. The maximum Gasteiger partial charge on any atom is 0.341 e. The molecule has 0 saturated heterocycles. The minimum atomic E-state index is -0.591. The number of carbonyl (C=O) groups excluding carboxylic acids is 2. The molecule has 1 heterocycles. The van der Waals surface area contributed by atoms with E-state index in [4.69, 9.17) is 14.2 Å². The number of nitrogens with zero attached hydrogens (tertiary/aromatic N) is 2. The van der Waals surface area contributed by atoms with Crippen LogP contribution in [0.4, 0.5) is 11.4 Å². The van der Waals surface area contributed by atoms with Crippen molar-refractivity contribution in [1.82, 2.24) is 4.98 Å². The molecule has 0 aliphatic heterocycles. The van der Waals surface area contributed by atoms with E-state index in [1.807, 2.05) is 43.9 Å². The second-order valence-electron chi connectivity index (χ2n) is 7.98. The van der Waals surface area contributed by atoms with E-state index in [0.717, 1.165) is 16.3 Å². The van der Waals surface area contributed by atoms with Crippen molar-refractivity contribution in [2.75, 3.05) is 19.1 Å². The van der Waals surface area contributed by atoms with E-state index >= 15 is 0 Å². The molecule has 0 atom stereocenters. The van der Waals surface area contributed by atoms with Gasteiger partial charge < -0.3 is 19.1 Å². The molecule has 2 aromatic carbocycles. The van der Waals surface area contributed by atoms with Gasteiger partial charge in [-0.25, -0.2) is 9.59 Å². The van der Waals surface area contributed by atoms with E-state index in [-0.39, 0.29) is 0 Å². The summed E-state index contributed by atoms with van der Waals surface area (Å²) in [6.07, 6.45) is 1.80. The van der Waals surface area contributed by atoms with Crippen LogP contribution < -0.4 is 9.64 Å². The number of rotatable bonds is 7. The highest BCUT2D eigenvalue weighted by Gasteiger charge is 2.21. The van der Waals surface area contributed by atoms with Crippen molar-refractivity contribution < 1.29 is 23.8 Å². The molecule has 8 heteroatoms. The quantitative estimate of drug-likeness (QED) is 0.452. The Morgan fingerprint density at radius 1 is 1.03 bits per heavy atom. The number of ether oxygens (including phenoxy) is 3. The van der Waals surface area contributed by atoms with Crippen molar-refractivity contribution in [3.63, 3.8) is 0 Å². The van der Waals surface area contributed by atoms with Gasteiger partial charge in [-0.15, -0.1) is 11.3 Å². The van der Waals surface area contributed by atoms with Gasteiger partial charge >= 0.3 is 11.9 Å². The van der Waals surface area contributed by atoms with Gasteiger partial charge in [-0.3, -0.25) is 4.98 Å². The lowest BCUT2D eigenvalue weighted by Crippen LogP contribution is -2.24. The van der Waals surface area contributed by atoms with Gasteiger partial charge in [0.1, 0.15) is 16.9 Å². The van der Waals surface area contributed by atoms with E-state index in [2.05, 4.69) is 4.98 Å². The molecule has 0 N–H and O–H groups in total. The number of hydrogen-bond donors (Lipinski definition) is 0. The summed E-state index contributed by atoms with van der Waals surface area (Å²) < 4.78 is 15.8. The number of hydrogen-bond acceptors (Lipinski definition) is 8. The molecular formula is C24H26N2O5S. The fourth-order valence-electron chi connectivity index (χ4n) is 3.07. The van der Waals surface area contributed by atoms with Gasteiger partial charge in [0, 0.05) is 28.5 Å². The summed E-state index contributed by atoms with van der Waals surface area (Å²) in [7, 11) is 2.83. The topological polar surface area (TPSA) is 78.0 Å². The van der Waals surface area contributed by atoms with Crippen molar-refractivity contribution in [2.24, 2.45) is 0 Å². The molecule has 7 nitrogen and oxygen atoms in total. The van der Waals surface area contributed by atoms with Crippen molar-refractivity contribution in [3.05, 3.63) is 70.2 Å². The Labute approximate surface area is 191 Å². The molecule has 0 bridgehead atoms. The van der Waals surface area contributed by atoms with Gasteiger partial charge in [0.25, 0.3) is 0 Å². The van der Waals surface area contributed by atoms with E-state index in [1.165, 1.54) is 25.6 Å². The molecule has 0 spiro atoms. The van der Waals surface area contributed by atoms with Crippen LogP contribution in [0.25, 0.3) is 0 Å². The minimum absolute atomic E-state index is 0.332. The molecule has 0 unspecified atom stereocenters. The molecule has 3 rings (SSSR count). The van der Waals surface area contributed by atoms with Gasteiger partial charge in [0.15, 0.2) is 0 Å². The standard InChI is InChI=1S/C24H26N2O5S/c1-24(2,3)31-22(27)16-7-6-8-17(11-16)26(14-19-13-25-15-32-19)18-9-10-20(23(28)30-5)21(12-18)29-4/h6-13,15H,14H2,1-5H3. The van der Waals surface area contributed by atoms with Gasteiger partial charge in [-0.1, -0.05) is 6.07 Å². The second kappa shape index (κ2) is 9.82. The first-order chi connectivity index (χ1) is 15.2. The molecule has 3 aromatic rings. The van der Waals surface area contributed by atoms with Crippen molar-refractivity contribution in [1.29, 1.82) is 0 Å². The Morgan fingerprint density at radius 3 is 2.41 bits per heavy atom. The van der Waals surface area contributed by atoms with Crippen molar-refractivity contribution in [2.45, 2.75) is 32.9 Å². The normalized spacial score (nSPS) is 11.0. The number of thiazole rings is 1. The third kappa shape index (κ3) is 5.64. The van der Waals surface area contributed by atoms with E-state index < -0.39 is 17.5 Å². The van der Waals surface area contributed by atoms with Crippen LogP contribution in [0.5, 0.6) is 5.75 Å². The molecular weight excluding hydrogens is 428 g/mol. The maximum absolute atomic E-state index is 12.6. The van der Waals surface area contributed by atoms with Crippen LogP contribution in [-0.2, 0) is 16.0 Å². The Bertz CT molecular complexity index is 1090. The SMILES string of the molecule is COC(=O)c1ccc(N(Cc2cncs2)c2cccc(C(=O)OC(C)(C)C)c2)cc1OC. The van der Waals surface area contributed by atoms with Crippen molar-refractivity contribution in [3.8, 4) is 5.75 Å². The highest BCUT2D eigenvalue weighted by molar-refractivity contribution is 7.09. The monoisotopic (exact) mass is 454 g/mol. The third-order valence-electron chi connectivity index (χ3n) is 4.49. The summed E-state index contributed by atoms with van der Waals surface area (Å²) in [5, 5.41) is 0. The molecule has 0 fully saturated rings. The van der Waals surface area contributed by atoms with Crippen molar-refractivity contribution >= 4 is 34.7 Å². The Kier molecular flexibility index (Phi) is 7.15. The lowest BCUT2D eigenvalue weighted by Gasteiger charge is -2.26. The van der Waals surface area contributed by atoms with Crippen LogP contribution in [0, 0.1) is 0 Å². The zero-order valence-electron chi connectivity index (χ0n) is 18.7. The number of aromatic nitrogens is 1. The first-order valence-corrected chi connectivity index (χ1v) is 10.8. The van der Waals surface area contributed by atoms with Crippen LogP contribution >= 0.6 is 11.3 Å². The Hall–Kier alpha value is -3.39. The van der Waals surface area contributed by atoms with Crippen LogP contribution in [0.2, 0.25) is 0 Å². The maximum atomic E-state index is 12.6. The van der Waals surface area contributed by atoms with Crippen LogP contribution in [0.15, 0.2) is 54.2 Å². The largest absolute Gasteiger partial charge is 0.496 e. The van der Waals surface area contributed by atoms with Crippen LogP contribution in [0.1, 0.15) is 46.4 Å². The smallest absolute Gasteiger partial charge is 0.341 e. The summed E-state index contributed by atoms with van der Waals surface area (Å²) >= 11 is 1.53. The summed E-state index contributed by atoms with van der Waals surface area (Å²) in [6.45, 7) is 6.02. The lowest BCUT2D eigenvalue weighted by molar-refractivity contribution is 0.00693. The molecule has 32 heavy (non-hydrogen) atoms. The Balaban J connectivity index is 2.04. The Morgan fingerprint density at radius 2 is 1.78 bits per heavy atom. The molecule has 0 aliphatic carbocycles. The van der Waals surface area contributed by atoms with Gasteiger partial charge in [0.2, 0.25) is 0 Å². The third-order valence-corrected chi connectivity index (χ3v) is 5.26. The number of methoxy groups -OCH3 is 2. The number of anilines is 2. The number of carbonyl (C=O) groups is 2. The minimum Gasteiger partial charge on any atom is -0.496 e. The molecule has 1 aromatic heterocycles. The molecule has 0 aliphatic rings. The van der Waals surface area contributed by atoms with E-state index in [1.54, 1.807) is 36.0 Å². The fraction of sp³-hybridized carbons (Fsp3) is 0.292. The predicted octanol–water partition coefficient (Wildman–Crippen LogP) is 5.23. The zero-order valence-corrected chi connectivity index (χ0v) is 19.6. The second-order valence-corrected chi connectivity index (χ2v) is 8.95. The fourth-order valence-corrected chi connectivity index (χ4v) is 3.65. The van der Waals surface area contributed by atoms with Gasteiger partial charge in [0.05, 0.1) is 31.8 Å². The molecule has 168 valence electrons. The average molecular weight is 455 g/mol. The van der Waals surface area contributed by atoms with Gasteiger partial charge in [-0.2, -0.15) is 0 Å². The highest BCUT2D eigenvalue weighted by Crippen LogP contribution is 2.33. The predicted molar refractivity (Wildman–Crippen MR) is 124 cm³/mol. The van der Waals surface area contributed by atoms with Crippen LogP contribution in [0.3, 0.4) is 0 Å². The van der Waals surface area contributed by atoms with Gasteiger partial charge in [-0.05, 0) is 51.1 Å². The average Bonchev–Trinajstić information content (AvgIpc) is 3.29. The summed E-state index contributed by atoms with van der Waals surface area (Å²) in [5.74, 6) is -0.475.